The van der Waals surface area contributed by atoms with Crippen LogP contribution < -0.4 is 10.6 Å². The summed E-state index contributed by atoms with van der Waals surface area (Å²) >= 11 is 0. The molecule has 1 fully saturated rings. The van der Waals surface area contributed by atoms with Crippen LogP contribution in [0, 0.1) is 12.8 Å². The maximum Gasteiger partial charge on any atom is 0.273 e. The van der Waals surface area contributed by atoms with Crippen molar-refractivity contribution in [3.63, 3.8) is 0 Å². The normalized spacial score (nSPS) is 16.0. The molecule has 0 spiro atoms. The predicted molar refractivity (Wildman–Crippen MR) is 88.5 cm³/mol. The standard InChI is InChI=1S/C16H29N5O2/c1-12(2)6-10-23-11-9-18-16(22)15-13(3)21(20-19-15)14-4-7-17-8-5-14/h12,14,17H,4-11H2,1-3H3,(H,18,22). The van der Waals surface area contributed by atoms with Crippen molar-refractivity contribution in [2.75, 3.05) is 32.8 Å². The molecule has 1 aromatic heterocycles. The molecule has 2 heterocycles. The van der Waals surface area contributed by atoms with E-state index in [-0.39, 0.29) is 5.91 Å². The number of nitrogens with zero attached hydrogens (tertiary/aromatic N) is 3. The highest BCUT2D eigenvalue weighted by Gasteiger charge is 2.22. The number of hydrogen-bond acceptors (Lipinski definition) is 5. The van der Waals surface area contributed by atoms with Crippen LogP contribution in [0.1, 0.15) is 55.3 Å². The highest BCUT2D eigenvalue weighted by molar-refractivity contribution is 5.93. The van der Waals surface area contributed by atoms with E-state index in [1.165, 1.54) is 0 Å². The Morgan fingerprint density at radius 1 is 1.39 bits per heavy atom. The second kappa shape index (κ2) is 8.98. The Morgan fingerprint density at radius 2 is 2.13 bits per heavy atom. The lowest BCUT2D eigenvalue weighted by molar-refractivity contribution is 0.0900. The summed E-state index contributed by atoms with van der Waals surface area (Å²) in [4.78, 5) is 12.2. The van der Waals surface area contributed by atoms with Crippen LogP contribution in [0.15, 0.2) is 0 Å². The van der Waals surface area contributed by atoms with Crippen molar-refractivity contribution in [1.82, 2.24) is 25.6 Å². The van der Waals surface area contributed by atoms with Gasteiger partial charge in [-0.05, 0) is 45.2 Å². The maximum absolute atomic E-state index is 12.2. The molecule has 1 aliphatic rings. The number of aromatic nitrogens is 3. The smallest absolute Gasteiger partial charge is 0.273 e. The van der Waals surface area contributed by atoms with E-state index in [0.717, 1.165) is 44.7 Å². The summed E-state index contributed by atoms with van der Waals surface area (Å²) < 4.78 is 7.40. The molecule has 7 nitrogen and oxygen atoms in total. The van der Waals surface area contributed by atoms with Crippen molar-refractivity contribution >= 4 is 5.91 Å². The summed E-state index contributed by atoms with van der Waals surface area (Å²) in [5, 5.41) is 14.4. The summed E-state index contributed by atoms with van der Waals surface area (Å²) in [6.45, 7) is 9.97. The highest BCUT2D eigenvalue weighted by Crippen LogP contribution is 2.20. The van der Waals surface area contributed by atoms with Gasteiger partial charge >= 0.3 is 0 Å². The molecule has 0 aromatic carbocycles. The minimum Gasteiger partial charge on any atom is -0.380 e. The number of rotatable bonds is 8. The quantitative estimate of drug-likeness (QED) is 0.705. The van der Waals surface area contributed by atoms with Crippen molar-refractivity contribution < 1.29 is 9.53 Å². The van der Waals surface area contributed by atoms with Crippen molar-refractivity contribution in [3.8, 4) is 0 Å². The largest absolute Gasteiger partial charge is 0.380 e. The molecule has 0 unspecified atom stereocenters. The van der Waals surface area contributed by atoms with E-state index in [4.69, 9.17) is 4.74 Å². The van der Waals surface area contributed by atoms with Gasteiger partial charge < -0.3 is 15.4 Å². The first-order chi connectivity index (χ1) is 11.1. The van der Waals surface area contributed by atoms with Gasteiger partial charge in [-0.1, -0.05) is 19.1 Å². The zero-order chi connectivity index (χ0) is 16.7. The minimum absolute atomic E-state index is 0.171. The molecule has 0 saturated carbocycles. The highest BCUT2D eigenvalue weighted by atomic mass is 16.5. The van der Waals surface area contributed by atoms with Gasteiger partial charge in [0.15, 0.2) is 5.69 Å². The van der Waals surface area contributed by atoms with Gasteiger partial charge in [-0.2, -0.15) is 0 Å². The van der Waals surface area contributed by atoms with Gasteiger partial charge in [0, 0.05) is 13.2 Å². The third-order valence-corrected chi connectivity index (χ3v) is 4.17. The Kier molecular flexibility index (Phi) is 6.98. The Labute approximate surface area is 138 Å². The van der Waals surface area contributed by atoms with Crippen LogP contribution in [-0.2, 0) is 4.74 Å². The Balaban J connectivity index is 1.77. The molecule has 0 aliphatic carbocycles. The van der Waals surface area contributed by atoms with Gasteiger partial charge in [0.1, 0.15) is 0 Å². The lowest BCUT2D eigenvalue weighted by atomic mass is 10.1. The number of nitrogens with one attached hydrogen (secondary N) is 2. The molecule has 1 aromatic rings. The third kappa shape index (κ3) is 5.28. The molecule has 0 atom stereocenters. The fraction of sp³-hybridized carbons (Fsp3) is 0.812. The second-order valence-electron chi connectivity index (χ2n) is 6.50. The monoisotopic (exact) mass is 323 g/mol. The van der Waals surface area contributed by atoms with Gasteiger partial charge in [-0.25, -0.2) is 4.68 Å². The zero-order valence-corrected chi connectivity index (χ0v) is 14.5. The number of amides is 1. The average molecular weight is 323 g/mol. The summed E-state index contributed by atoms with van der Waals surface area (Å²) in [6, 6.07) is 0.338. The van der Waals surface area contributed by atoms with E-state index in [2.05, 4.69) is 34.8 Å². The fourth-order valence-electron chi connectivity index (χ4n) is 2.69. The maximum atomic E-state index is 12.2. The topological polar surface area (TPSA) is 81.1 Å². The summed E-state index contributed by atoms with van der Waals surface area (Å²) in [5.74, 6) is 0.465. The molecule has 130 valence electrons. The van der Waals surface area contributed by atoms with Crippen LogP contribution in [0.3, 0.4) is 0 Å². The van der Waals surface area contributed by atoms with Gasteiger partial charge in [0.05, 0.1) is 18.3 Å². The van der Waals surface area contributed by atoms with E-state index in [9.17, 15) is 4.79 Å². The van der Waals surface area contributed by atoms with E-state index in [1.807, 2.05) is 11.6 Å². The molecule has 0 radical (unpaired) electrons. The average Bonchev–Trinajstić information content (AvgIpc) is 2.93. The molecule has 2 rings (SSSR count). The predicted octanol–water partition coefficient (Wildman–Crippen LogP) is 1.30. The van der Waals surface area contributed by atoms with Crippen LogP contribution in [0.5, 0.6) is 0 Å². The SMILES string of the molecule is Cc1c(C(=O)NCCOCCC(C)C)nnn1C1CCNCC1. The fourth-order valence-corrected chi connectivity index (χ4v) is 2.69. The van der Waals surface area contributed by atoms with Crippen LogP contribution in [-0.4, -0.2) is 53.7 Å². The second-order valence-corrected chi connectivity index (χ2v) is 6.50. The summed E-state index contributed by atoms with van der Waals surface area (Å²) in [5.41, 5.74) is 1.26. The molecule has 23 heavy (non-hydrogen) atoms. The molecular formula is C16H29N5O2. The number of ether oxygens (including phenoxy) is 1. The Hall–Kier alpha value is -1.47. The van der Waals surface area contributed by atoms with Crippen molar-refractivity contribution in [2.45, 2.75) is 46.1 Å². The van der Waals surface area contributed by atoms with Crippen molar-refractivity contribution in [2.24, 2.45) is 5.92 Å². The minimum atomic E-state index is -0.171. The van der Waals surface area contributed by atoms with Gasteiger partial charge in [0.2, 0.25) is 0 Å². The third-order valence-electron chi connectivity index (χ3n) is 4.17. The molecule has 0 bridgehead atoms. The number of carbonyl (C=O) groups excluding carboxylic acids is 1. The van der Waals surface area contributed by atoms with Crippen LogP contribution >= 0.6 is 0 Å². The number of piperidine rings is 1. The lowest BCUT2D eigenvalue weighted by Gasteiger charge is -2.23. The molecule has 7 heteroatoms. The van der Waals surface area contributed by atoms with Crippen molar-refractivity contribution in [3.05, 3.63) is 11.4 Å². The molecule has 1 amide bonds. The van der Waals surface area contributed by atoms with E-state index >= 15 is 0 Å². The Bertz CT molecular complexity index is 495. The van der Waals surface area contributed by atoms with Crippen LogP contribution in [0.25, 0.3) is 0 Å². The summed E-state index contributed by atoms with van der Waals surface area (Å²) in [6.07, 6.45) is 3.08. The number of hydrogen-bond donors (Lipinski definition) is 2. The van der Waals surface area contributed by atoms with Gasteiger partial charge in [-0.3, -0.25) is 4.79 Å². The van der Waals surface area contributed by atoms with Gasteiger partial charge in [0.25, 0.3) is 5.91 Å². The Morgan fingerprint density at radius 3 is 2.83 bits per heavy atom. The number of carbonyl (C=O) groups is 1. The first kappa shape index (κ1) is 17.9. The first-order valence-electron chi connectivity index (χ1n) is 8.58. The molecule has 1 saturated heterocycles. The van der Waals surface area contributed by atoms with Crippen LogP contribution in [0.2, 0.25) is 0 Å². The molecular weight excluding hydrogens is 294 g/mol. The lowest BCUT2D eigenvalue weighted by Crippen LogP contribution is -2.31. The molecule has 2 N–H and O–H groups in total. The van der Waals surface area contributed by atoms with E-state index in [0.29, 0.717) is 30.8 Å². The zero-order valence-electron chi connectivity index (χ0n) is 14.5. The first-order valence-corrected chi connectivity index (χ1v) is 8.58. The van der Waals surface area contributed by atoms with E-state index in [1.54, 1.807) is 0 Å². The summed E-state index contributed by atoms with van der Waals surface area (Å²) in [7, 11) is 0. The van der Waals surface area contributed by atoms with Crippen LogP contribution in [0.4, 0.5) is 0 Å². The van der Waals surface area contributed by atoms with Gasteiger partial charge in [-0.15, -0.1) is 5.10 Å². The van der Waals surface area contributed by atoms with E-state index < -0.39 is 0 Å². The molecule has 1 aliphatic heterocycles. The van der Waals surface area contributed by atoms with Crippen molar-refractivity contribution in [1.29, 1.82) is 0 Å².